The Labute approximate surface area is 97.6 Å². The van der Waals surface area contributed by atoms with Gasteiger partial charge in [-0.05, 0) is 0 Å². The largest absolute Gasteiger partial charge is 0.400 e. The number of rotatable bonds is 0. The molecule has 0 saturated heterocycles. The summed E-state index contributed by atoms with van der Waals surface area (Å²) in [7, 11) is 1.00. The van der Waals surface area contributed by atoms with Gasteiger partial charge in [0.25, 0.3) is 0 Å². The number of isocyanates is 2. The normalized spacial score (nSPS) is 1.47. The quantitative estimate of drug-likeness (QED) is 0.435. The molecular formula is C10H34N2O3. The maximum atomic E-state index is 8.35. The molecule has 0 amide bonds. The topological polar surface area (TPSA) is 102 Å². The molecule has 0 bridgehead atoms. The lowest BCUT2D eigenvalue weighted by molar-refractivity contribution is 0.399. The van der Waals surface area contributed by atoms with E-state index in [2.05, 4.69) is 0 Å². The highest BCUT2D eigenvalue weighted by Gasteiger charge is 1.04. The molecule has 0 aliphatic carbocycles. The van der Waals surface area contributed by atoms with Crippen molar-refractivity contribution in [3.05, 3.63) is 0 Å². The maximum Gasteiger partial charge on any atom is 0.231 e. The van der Waals surface area contributed by atoms with Crippen LogP contribution in [-0.4, -0.2) is 24.4 Å². The standard InChI is InChI=1S/2CHNO.CH4O.7CH4/c2*2-1-3;1-2;;;;;;;/h2*2H;2H,1H3;7*1H4. The molecule has 0 aromatic carbocycles. The van der Waals surface area contributed by atoms with Crippen LogP contribution < -0.4 is 0 Å². The molecule has 0 saturated carbocycles. The van der Waals surface area contributed by atoms with E-state index in [-0.39, 0.29) is 52.0 Å². The fourth-order valence-electron chi connectivity index (χ4n) is 0. The molecule has 3 N–H and O–H groups in total. The summed E-state index contributed by atoms with van der Waals surface area (Å²) in [5, 5.41) is 17.8. The number of hydrogen-bond donors (Lipinski definition) is 3. The lowest BCUT2D eigenvalue weighted by atomic mass is 11.7. The summed E-state index contributed by atoms with van der Waals surface area (Å²) >= 11 is 0. The molecule has 0 aromatic heterocycles. The Bertz CT molecular complexity index is 72.7. The first-order valence-electron chi connectivity index (χ1n) is 1.36. The molecule has 5 nitrogen and oxygen atoms in total. The molecule has 0 fully saturated rings. The highest BCUT2D eigenvalue weighted by atomic mass is 16.2. The summed E-state index contributed by atoms with van der Waals surface area (Å²) in [6, 6.07) is 0. The molecule has 0 unspecified atom stereocenters. The smallest absolute Gasteiger partial charge is 0.231 e. The Balaban J connectivity index is -0.00000000256. The minimum atomic E-state index is 0. The van der Waals surface area contributed by atoms with Gasteiger partial charge in [-0.25, -0.2) is 20.4 Å². The molecule has 0 aromatic rings. The molecule has 102 valence electrons. The van der Waals surface area contributed by atoms with Crippen LogP contribution in [0.5, 0.6) is 0 Å². The Morgan fingerprint density at radius 1 is 0.667 bits per heavy atom. The summed E-state index contributed by atoms with van der Waals surface area (Å²) in [5.74, 6) is 0. The summed E-state index contributed by atoms with van der Waals surface area (Å²) in [4.78, 5) is 16.7. The van der Waals surface area contributed by atoms with Crippen LogP contribution in [0.3, 0.4) is 0 Å². The van der Waals surface area contributed by atoms with Crippen molar-refractivity contribution in [3.8, 4) is 0 Å². The van der Waals surface area contributed by atoms with E-state index in [0.29, 0.717) is 0 Å². The van der Waals surface area contributed by atoms with Gasteiger partial charge in [0.1, 0.15) is 0 Å². The molecule has 0 aliphatic heterocycles. The minimum Gasteiger partial charge on any atom is -0.400 e. The lowest BCUT2D eigenvalue weighted by Crippen LogP contribution is -1.25. The van der Waals surface area contributed by atoms with E-state index in [9.17, 15) is 0 Å². The first-order valence-corrected chi connectivity index (χ1v) is 1.36. The predicted molar refractivity (Wildman–Crippen MR) is 72.1 cm³/mol. The third kappa shape index (κ3) is 892. The second-order valence-corrected chi connectivity index (χ2v) is 0.204. The summed E-state index contributed by atoms with van der Waals surface area (Å²) in [6.45, 7) is 0. The first-order chi connectivity index (χ1) is 3.83. The van der Waals surface area contributed by atoms with E-state index in [4.69, 9.17) is 25.5 Å². The van der Waals surface area contributed by atoms with Crippen LogP contribution in [0.4, 0.5) is 0 Å². The van der Waals surface area contributed by atoms with E-state index in [0.717, 1.165) is 19.3 Å². The molecule has 0 spiro atoms. The fourth-order valence-corrected chi connectivity index (χ4v) is 0. The predicted octanol–water partition coefficient (Wildman–Crippen LogP) is 3.86. The van der Waals surface area contributed by atoms with Gasteiger partial charge in [-0.1, -0.05) is 52.0 Å². The molecule has 15 heavy (non-hydrogen) atoms. The van der Waals surface area contributed by atoms with E-state index in [1.54, 1.807) is 0 Å². The Kier molecular flexibility index (Phi) is 36000. The zero-order valence-corrected chi connectivity index (χ0v) is 4.26. The monoisotopic (exact) mass is 230 g/mol. The van der Waals surface area contributed by atoms with Crippen molar-refractivity contribution < 1.29 is 14.7 Å². The van der Waals surface area contributed by atoms with Crippen LogP contribution in [0.15, 0.2) is 0 Å². The lowest BCUT2D eigenvalue weighted by Gasteiger charge is -1.21. The third-order valence-corrected chi connectivity index (χ3v) is 0. The van der Waals surface area contributed by atoms with E-state index < -0.39 is 0 Å². The van der Waals surface area contributed by atoms with Gasteiger partial charge in [-0.3, -0.25) is 0 Å². The molecular weight excluding hydrogens is 196 g/mol. The highest BCUT2D eigenvalue weighted by molar-refractivity contribution is 5.26. The Morgan fingerprint density at radius 2 is 0.667 bits per heavy atom. The van der Waals surface area contributed by atoms with Gasteiger partial charge in [0.15, 0.2) is 0 Å². The van der Waals surface area contributed by atoms with Gasteiger partial charge in [0.05, 0.1) is 0 Å². The van der Waals surface area contributed by atoms with Crippen molar-refractivity contribution in [2.45, 2.75) is 52.0 Å². The van der Waals surface area contributed by atoms with Gasteiger partial charge >= 0.3 is 0 Å². The molecule has 0 atom stereocenters. The van der Waals surface area contributed by atoms with Crippen LogP contribution >= 0.6 is 0 Å². The fraction of sp³-hybridized carbons (Fsp3) is 0.800. The van der Waals surface area contributed by atoms with Crippen molar-refractivity contribution in [2.75, 3.05) is 7.11 Å². The second-order valence-electron chi connectivity index (χ2n) is 0.204. The van der Waals surface area contributed by atoms with Crippen LogP contribution in [0.2, 0.25) is 0 Å². The van der Waals surface area contributed by atoms with Crippen molar-refractivity contribution in [1.82, 2.24) is 0 Å². The van der Waals surface area contributed by atoms with E-state index in [1.165, 1.54) is 0 Å². The average molecular weight is 230 g/mol. The second kappa shape index (κ2) is 3370. The molecule has 0 heterocycles. The molecule has 0 aliphatic rings. The van der Waals surface area contributed by atoms with Crippen molar-refractivity contribution in [2.24, 2.45) is 0 Å². The SMILES string of the molecule is C.C.C.C.C.C.C.CO.N=C=O.N=C=O. The number of aliphatic hydroxyl groups is 1. The van der Waals surface area contributed by atoms with Crippen molar-refractivity contribution >= 4 is 12.2 Å². The molecule has 0 radical (unpaired) electrons. The Hall–Kier alpha value is -1.28. The number of aliphatic hydroxyl groups excluding tert-OH is 1. The van der Waals surface area contributed by atoms with Crippen LogP contribution in [0, 0.1) is 10.8 Å². The van der Waals surface area contributed by atoms with Crippen LogP contribution in [0.1, 0.15) is 52.0 Å². The van der Waals surface area contributed by atoms with Gasteiger partial charge in [0, 0.05) is 7.11 Å². The zero-order chi connectivity index (χ0) is 7.41. The van der Waals surface area contributed by atoms with Gasteiger partial charge in [-0.2, -0.15) is 0 Å². The Morgan fingerprint density at radius 3 is 0.667 bits per heavy atom. The highest BCUT2D eigenvalue weighted by Crippen LogP contribution is 0.871. The first kappa shape index (κ1) is 160. The van der Waals surface area contributed by atoms with Gasteiger partial charge < -0.3 is 5.11 Å². The minimum absolute atomic E-state index is 0. The zero-order valence-electron chi connectivity index (χ0n) is 4.26. The van der Waals surface area contributed by atoms with Crippen molar-refractivity contribution in [1.29, 1.82) is 10.8 Å². The van der Waals surface area contributed by atoms with E-state index >= 15 is 0 Å². The van der Waals surface area contributed by atoms with Crippen LogP contribution in [0.25, 0.3) is 0 Å². The summed E-state index contributed by atoms with van der Waals surface area (Å²) in [6.07, 6.45) is 1.50. The van der Waals surface area contributed by atoms with Crippen LogP contribution in [-0.2, 0) is 9.59 Å². The molecule has 0 rings (SSSR count). The molecule has 5 heteroatoms. The summed E-state index contributed by atoms with van der Waals surface area (Å²) in [5.41, 5.74) is 0. The summed E-state index contributed by atoms with van der Waals surface area (Å²) < 4.78 is 0. The number of carbonyl (C=O) groups excluding carboxylic acids is 2. The number of nitrogens with one attached hydrogen (secondary N) is 2. The van der Waals surface area contributed by atoms with Gasteiger partial charge in [0.2, 0.25) is 12.2 Å². The third-order valence-electron chi connectivity index (χ3n) is 0. The van der Waals surface area contributed by atoms with Gasteiger partial charge in [-0.15, -0.1) is 0 Å². The van der Waals surface area contributed by atoms with E-state index in [1.807, 2.05) is 0 Å². The number of hydrogen-bond acceptors (Lipinski definition) is 5. The average Bonchev–Trinajstić information content (AvgIpc) is 1.75. The van der Waals surface area contributed by atoms with Crippen molar-refractivity contribution in [3.63, 3.8) is 0 Å². The maximum absolute atomic E-state index is 8.35.